The second kappa shape index (κ2) is 4.85. The maximum atomic E-state index is 8.66. The first-order chi connectivity index (χ1) is 5.86. The van der Waals surface area contributed by atoms with Crippen LogP contribution in [-0.2, 0) is 12.8 Å². The third-order valence-corrected chi connectivity index (χ3v) is 1.65. The number of hydrogen-bond acceptors (Lipinski definition) is 3. The van der Waals surface area contributed by atoms with Gasteiger partial charge in [0, 0.05) is 25.6 Å². The molecule has 0 aliphatic heterocycles. The molecule has 1 heterocycles. The van der Waals surface area contributed by atoms with Crippen LogP contribution < -0.4 is 0 Å². The standard InChI is InChI=1S/C9H13NO2/c11-3-1-8-5-9(2-4-12)7-10-6-8/h5-7,11-12H,1-4H2. The van der Waals surface area contributed by atoms with Crippen molar-refractivity contribution in [2.24, 2.45) is 0 Å². The fourth-order valence-corrected chi connectivity index (χ4v) is 1.07. The first-order valence-corrected chi connectivity index (χ1v) is 4.01. The summed E-state index contributed by atoms with van der Waals surface area (Å²) < 4.78 is 0. The van der Waals surface area contributed by atoms with E-state index in [0.717, 1.165) is 11.1 Å². The molecule has 3 heteroatoms. The van der Waals surface area contributed by atoms with Crippen molar-refractivity contribution >= 4 is 0 Å². The number of aromatic nitrogens is 1. The van der Waals surface area contributed by atoms with E-state index in [9.17, 15) is 0 Å². The van der Waals surface area contributed by atoms with Gasteiger partial charge in [0.05, 0.1) is 0 Å². The van der Waals surface area contributed by atoms with Crippen LogP contribution >= 0.6 is 0 Å². The summed E-state index contributed by atoms with van der Waals surface area (Å²) in [7, 11) is 0. The van der Waals surface area contributed by atoms with E-state index in [-0.39, 0.29) is 13.2 Å². The Morgan fingerprint density at radius 3 is 1.92 bits per heavy atom. The highest BCUT2D eigenvalue weighted by atomic mass is 16.3. The minimum Gasteiger partial charge on any atom is -0.396 e. The predicted molar refractivity (Wildman–Crippen MR) is 45.8 cm³/mol. The summed E-state index contributed by atoms with van der Waals surface area (Å²) in [6, 6.07) is 1.96. The molecule has 66 valence electrons. The molecule has 0 spiro atoms. The molecule has 0 saturated heterocycles. The molecule has 0 saturated carbocycles. The first kappa shape index (κ1) is 9.16. The normalized spacial score (nSPS) is 10.2. The highest BCUT2D eigenvalue weighted by Crippen LogP contribution is 2.03. The van der Waals surface area contributed by atoms with Crippen molar-refractivity contribution in [1.29, 1.82) is 0 Å². The molecule has 0 aromatic carbocycles. The highest BCUT2D eigenvalue weighted by molar-refractivity contribution is 5.18. The zero-order valence-electron chi connectivity index (χ0n) is 6.90. The van der Waals surface area contributed by atoms with Crippen LogP contribution in [0.3, 0.4) is 0 Å². The van der Waals surface area contributed by atoms with Gasteiger partial charge in [-0.1, -0.05) is 6.07 Å². The third-order valence-electron chi connectivity index (χ3n) is 1.65. The summed E-state index contributed by atoms with van der Waals surface area (Å²) in [5.41, 5.74) is 2.03. The van der Waals surface area contributed by atoms with Crippen molar-refractivity contribution in [3.05, 3.63) is 29.6 Å². The van der Waals surface area contributed by atoms with Crippen LogP contribution in [0.4, 0.5) is 0 Å². The van der Waals surface area contributed by atoms with Gasteiger partial charge in [0.1, 0.15) is 0 Å². The van der Waals surface area contributed by atoms with E-state index in [0.29, 0.717) is 12.8 Å². The smallest absolute Gasteiger partial charge is 0.0472 e. The van der Waals surface area contributed by atoms with Gasteiger partial charge in [-0.25, -0.2) is 0 Å². The molecule has 0 amide bonds. The Morgan fingerprint density at radius 1 is 1.00 bits per heavy atom. The zero-order chi connectivity index (χ0) is 8.81. The van der Waals surface area contributed by atoms with Crippen LogP contribution in [0.1, 0.15) is 11.1 Å². The number of nitrogens with zero attached hydrogens (tertiary/aromatic N) is 1. The van der Waals surface area contributed by atoms with E-state index in [1.807, 2.05) is 6.07 Å². The highest BCUT2D eigenvalue weighted by Gasteiger charge is 1.95. The van der Waals surface area contributed by atoms with Crippen molar-refractivity contribution in [3.63, 3.8) is 0 Å². The Bertz CT molecular complexity index is 216. The van der Waals surface area contributed by atoms with Crippen LogP contribution in [0.15, 0.2) is 18.5 Å². The lowest BCUT2D eigenvalue weighted by Crippen LogP contribution is -1.96. The molecule has 2 N–H and O–H groups in total. The van der Waals surface area contributed by atoms with Crippen LogP contribution in [0.5, 0.6) is 0 Å². The molecule has 12 heavy (non-hydrogen) atoms. The fourth-order valence-electron chi connectivity index (χ4n) is 1.07. The van der Waals surface area contributed by atoms with Crippen LogP contribution in [-0.4, -0.2) is 28.4 Å². The summed E-state index contributed by atoms with van der Waals surface area (Å²) in [6.07, 6.45) is 4.73. The lowest BCUT2D eigenvalue weighted by Gasteiger charge is -2.00. The molecule has 0 aliphatic rings. The van der Waals surface area contributed by atoms with E-state index in [1.54, 1.807) is 12.4 Å². The maximum absolute atomic E-state index is 8.66. The van der Waals surface area contributed by atoms with Crippen molar-refractivity contribution < 1.29 is 10.2 Å². The van der Waals surface area contributed by atoms with Gasteiger partial charge in [0.2, 0.25) is 0 Å². The molecule has 3 nitrogen and oxygen atoms in total. The van der Waals surface area contributed by atoms with Crippen molar-refractivity contribution in [3.8, 4) is 0 Å². The largest absolute Gasteiger partial charge is 0.396 e. The summed E-state index contributed by atoms with van der Waals surface area (Å²) in [5.74, 6) is 0. The summed E-state index contributed by atoms with van der Waals surface area (Å²) in [5, 5.41) is 17.3. The zero-order valence-corrected chi connectivity index (χ0v) is 6.90. The summed E-state index contributed by atoms with van der Waals surface area (Å²) in [4.78, 5) is 4.00. The Hall–Kier alpha value is -0.930. The monoisotopic (exact) mass is 167 g/mol. The number of hydrogen-bond donors (Lipinski definition) is 2. The molecule has 0 radical (unpaired) electrons. The average Bonchev–Trinajstić information content (AvgIpc) is 2.06. The first-order valence-electron chi connectivity index (χ1n) is 4.01. The van der Waals surface area contributed by atoms with Gasteiger partial charge in [0.25, 0.3) is 0 Å². The van der Waals surface area contributed by atoms with Crippen LogP contribution in [0.25, 0.3) is 0 Å². The molecule has 1 rings (SSSR count). The van der Waals surface area contributed by atoms with Gasteiger partial charge < -0.3 is 10.2 Å². The molecular formula is C9H13NO2. The number of aliphatic hydroxyl groups excluding tert-OH is 2. The van der Waals surface area contributed by atoms with Crippen LogP contribution in [0, 0.1) is 0 Å². The minimum absolute atomic E-state index is 0.143. The topological polar surface area (TPSA) is 53.4 Å². The molecule has 0 fully saturated rings. The van der Waals surface area contributed by atoms with Gasteiger partial charge >= 0.3 is 0 Å². The molecule has 0 bridgehead atoms. The Labute approximate surface area is 71.7 Å². The lowest BCUT2D eigenvalue weighted by atomic mass is 10.1. The minimum atomic E-state index is 0.143. The van der Waals surface area contributed by atoms with E-state index < -0.39 is 0 Å². The Morgan fingerprint density at radius 2 is 1.50 bits per heavy atom. The lowest BCUT2D eigenvalue weighted by molar-refractivity contribution is 0.298. The van der Waals surface area contributed by atoms with Gasteiger partial charge in [-0.3, -0.25) is 4.98 Å². The third kappa shape index (κ3) is 2.60. The molecular weight excluding hydrogens is 154 g/mol. The molecule has 0 unspecified atom stereocenters. The van der Waals surface area contributed by atoms with Crippen LogP contribution in [0.2, 0.25) is 0 Å². The number of aliphatic hydroxyl groups is 2. The Kier molecular flexibility index (Phi) is 3.70. The quantitative estimate of drug-likeness (QED) is 0.671. The van der Waals surface area contributed by atoms with Gasteiger partial charge in [-0.15, -0.1) is 0 Å². The fraction of sp³-hybridized carbons (Fsp3) is 0.444. The van der Waals surface area contributed by atoms with E-state index in [2.05, 4.69) is 4.98 Å². The van der Waals surface area contributed by atoms with E-state index in [1.165, 1.54) is 0 Å². The number of pyridine rings is 1. The van der Waals surface area contributed by atoms with Gasteiger partial charge in [0.15, 0.2) is 0 Å². The SMILES string of the molecule is OCCc1cncc(CCO)c1. The predicted octanol–water partition coefficient (Wildman–Crippen LogP) is 0.151. The Balaban J connectivity index is 2.67. The second-order valence-corrected chi connectivity index (χ2v) is 2.65. The molecule has 0 atom stereocenters. The second-order valence-electron chi connectivity index (χ2n) is 2.65. The van der Waals surface area contributed by atoms with Crippen molar-refractivity contribution in [1.82, 2.24) is 4.98 Å². The summed E-state index contributed by atoms with van der Waals surface area (Å²) >= 11 is 0. The molecule has 1 aromatic heterocycles. The maximum Gasteiger partial charge on any atom is 0.0472 e. The average molecular weight is 167 g/mol. The van der Waals surface area contributed by atoms with Gasteiger partial charge in [-0.05, 0) is 24.0 Å². The molecule has 1 aromatic rings. The number of rotatable bonds is 4. The summed E-state index contributed by atoms with van der Waals surface area (Å²) in [6.45, 7) is 0.286. The van der Waals surface area contributed by atoms with Gasteiger partial charge in [-0.2, -0.15) is 0 Å². The van der Waals surface area contributed by atoms with E-state index >= 15 is 0 Å². The van der Waals surface area contributed by atoms with E-state index in [4.69, 9.17) is 10.2 Å². The van der Waals surface area contributed by atoms with Crippen molar-refractivity contribution in [2.75, 3.05) is 13.2 Å². The van der Waals surface area contributed by atoms with Crippen molar-refractivity contribution in [2.45, 2.75) is 12.8 Å². The molecule has 0 aliphatic carbocycles.